The first kappa shape index (κ1) is 7.78. The van der Waals surface area contributed by atoms with Crippen LogP contribution in [-0.4, -0.2) is 5.78 Å². The Labute approximate surface area is 73.2 Å². The number of allylic oxidation sites excluding steroid dienone is 4. The molecular weight excluding hydrogens is 148 g/mol. The van der Waals surface area contributed by atoms with Gasteiger partial charge < -0.3 is 0 Å². The molecule has 0 aromatic carbocycles. The van der Waals surface area contributed by atoms with E-state index in [-0.39, 0.29) is 0 Å². The standard InChI is InChI=1S/C11H13O/c1-8-6-7-10(12)11(8)9-4-2-3-5-9/h2,4,6,9H,3,5,7H2,1H3. The predicted molar refractivity (Wildman–Crippen MR) is 48.5 cm³/mol. The molecule has 1 unspecified atom stereocenters. The van der Waals surface area contributed by atoms with Gasteiger partial charge in [-0.1, -0.05) is 17.7 Å². The van der Waals surface area contributed by atoms with E-state index in [4.69, 9.17) is 0 Å². The molecule has 1 heteroatoms. The minimum Gasteiger partial charge on any atom is -0.295 e. The normalized spacial score (nSPS) is 29.1. The van der Waals surface area contributed by atoms with Crippen LogP contribution in [-0.2, 0) is 4.79 Å². The predicted octanol–water partition coefficient (Wildman–Crippen LogP) is 2.45. The Morgan fingerprint density at radius 3 is 2.83 bits per heavy atom. The van der Waals surface area contributed by atoms with Gasteiger partial charge in [-0.25, -0.2) is 0 Å². The van der Waals surface area contributed by atoms with Gasteiger partial charge in [-0.2, -0.15) is 0 Å². The van der Waals surface area contributed by atoms with Gasteiger partial charge in [0.05, 0.1) is 0 Å². The maximum atomic E-state index is 11.4. The van der Waals surface area contributed by atoms with Gasteiger partial charge in [0.25, 0.3) is 0 Å². The molecule has 2 aliphatic rings. The molecule has 0 bridgehead atoms. The zero-order valence-electron chi connectivity index (χ0n) is 7.34. The molecule has 0 saturated heterocycles. The zero-order valence-corrected chi connectivity index (χ0v) is 7.34. The molecule has 0 saturated carbocycles. The van der Waals surface area contributed by atoms with Crippen molar-refractivity contribution in [2.45, 2.75) is 26.2 Å². The monoisotopic (exact) mass is 161 g/mol. The van der Waals surface area contributed by atoms with Crippen molar-refractivity contribution in [3.8, 4) is 0 Å². The molecule has 1 atom stereocenters. The van der Waals surface area contributed by atoms with Crippen LogP contribution in [0.4, 0.5) is 0 Å². The molecule has 0 aromatic heterocycles. The summed E-state index contributed by atoms with van der Waals surface area (Å²) < 4.78 is 0. The third-order valence-electron chi connectivity index (χ3n) is 2.70. The number of rotatable bonds is 1. The van der Waals surface area contributed by atoms with Gasteiger partial charge in [0.1, 0.15) is 0 Å². The van der Waals surface area contributed by atoms with Gasteiger partial charge in [-0.05, 0) is 26.2 Å². The number of carbonyl (C=O) groups excluding carboxylic acids is 1. The lowest BCUT2D eigenvalue weighted by atomic mass is 9.95. The average molecular weight is 161 g/mol. The minimum absolute atomic E-state index is 0.337. The third kappa shape index (κ3) is 1.13. The Bertz CT molecular complexity index is 271. The van der Waals surface area contributed by atoms with E-state index in [1.807, 2.05) is 13.3 Å². The van der Waals surface area contributed by atoms with Crippen LogP contribution in [0.1, 0.15) is 26.2 Å². The van der Waals surface area contributed by atoms with Gasteiger partial charge in [-0.15, -0.1) is 0 Å². The Kier molecular flexibility index (Phi) is 1.87. The van der Waals surface area contributed by atoms with Gasteiger partial charge in [0.2, 0.25) is 0 Å². The Balaban J connectivity index is 2.26. The fourth-order valence-electron chi connectivity index (χ4n) is 2.06. The van der Waals surface area contributed by atoms with Crippen LogP contribution < -0.4 is 0 Å². The summed E-state index contributed by atoms with van der Waals surface area (Å²) in [5.74, 6) is 0.764. The second-order valence-corrected chi connectivity index (χ2v) is 3.54. The quantitative estimate of drug-likeness (QED) is 0.540. The first-order chi connectivity index (χ1) is 5.79. The second-order valence-electron chi connectivity index (χ2n) is 3.54. The van der Waals surface area contributed by atoms with Crippen molar-refractivity contribution in [3.63, 3.8) is 0 Å². The molecule has 0 fully saturated rings. The summed E-state index contributed by atoms with van der Waals surface area (Å²) in [6.07, 6.45) is 9.29. The van der Waals surface area contributed by atoms with Crippen LogP contribution in [0.3, 0.4) is 0 Å². The second kappa shape index (κ2) is 2.89. The number of ketones is 1. The van der Waals surface area contributed by atoms with Crippen LogP contribution in [0.25, 0.3) is 0 Å². The van der Waals surface area contributed by atoms with Crippen LogP contribution in [0.2, 0.25) is 0 Å². The molecule has 12 heavy (non-hydrogen) atoms. The van der Waals surface area contributed by atoms with Crippen LogP contribution in [0, 0.1) is 12.3 Å². The van der Waals surface area contributed by atoms with E-state index in [1.54, 1.807) is 0 Å². The summed E-state index contributed by atoms with van der Waals surface area (Å²) in [6.45, 7) is 2.05. The molecule has 0 heterocycles. The van der Waals surface area contributed by atoms with E-state index < -0.39 is 0 Å². The van der Waals surface area contributed by atoms with Crippen LogP contribution in [0.5, 0.6) is 0 Å². The molecule has 0 aromatic rings. The summed E-state index contributed by atoms with van der Waals surface area (Å²) in [6, 6.07) is 0. The Hall–Kier alpha value is -0.850. The van der Waals surface area contributed by atoms with E-state index >= 15 is 0 Å². The maximum Gasteiger partial charge on any atom is 0.160 e. The highest BCUT2D eigenvalue weighted by Gasteiger charge is 2.27. The van der Waals surface area contributed by atoms with Crippen LogP contribution >= 0.6 is 0 Å². The molecule has 0 N–H and O–H groups in total. The highest BCUT2D eigenvalue weighted by molar-refractivity contribution is 6.01. The minimum atomic E-state index is 0.337. The summed E-state index contributed by atoms with van der Waals surface area (Å²) >= 11 is 0. The largest absolute Gasteiger partial charge is 0.295 e. The molecule has 0 amide bonds. The Morgan fingerprint density at radius 1 is 1.50 bits per heavy atom. The lowest BCUT2D eigenvalue weighted by Crippen LogP contribution is -2.05. The zero-order chi connectivity index (χ0) is 8.55. The summed E-state index contributed by atoms with van der Waals surface area (Å²) in [4.78, 5) is 11.4. The lowest BCUT2D eigenvalue weighted by molar-refractivity contribution is -0.114. The van der Waals surface area contributed by atoms with Crippen molar-refractivity contribution in [1.29, 1.82) is 0 Å². The molecule has 0 spiro atoms. The first-order valence-electron chi connectivity index (χ1n) is 4.53. The third-order valence-corrected chi connectivity index (χ3v) is 2.70. The van der Waals surface area contributed by atoms with E-state index in [0.717, 1.165) is 18.4 Å². The van der Waals surface area contributed by atoms with Crippen LogP contribution in [0.15, 0.2) is 23.3 Å². The van der Waals surface area contributed by atoms with Crippen molar-refractivity contribution >= 4 is 5.78 Å². The molecule has 2 aliphatic carbocycles. The molecule has 1 nitrogen and oxygen atoms in total. The van der Waals surface area contributed by atoms with E-state index in [0.29, 0.717) is 18.1 Å². The SMILES string of the molecule is CC1=C(C2C=CCC2)C(=O)C[CH]1. The summed E-state index contributed by atoms with van der Waals surface area (Å²) in [5, 5.41) is 0. The lowest BCUT2D eigenvalue weighted by Gasteiger charge is -2.08. The van der Waals surface area contributed by atoms with Gasteiger partial charge in [0, 0.05) is 17.9 Å². The van der Waals surface area contributed by atoms with Crippen molar-refractivity contribution in [1.82, 2.24) is 0 Å². The topological polar surface area (TPSA) is 17.1 Å². The summed E-state index contributed by atoms with van der Waals surface area (Å²) in [5.41, 5.74) is 2.28. The van der Waals surface area contributed by atoms with E-state index in [1.165, 1.54) is 5.57 Å². The van der Waals surface area contributed by atoms with Gasteiger partial charge in [0.15, 0.2) is 5.78 Å². The molecule has 1 radical (unpaired) electrons. The van der Waals surface area contributed by atoms with Crippen molar-refractivity contribution in [2.24, 2.45) is 5.92 Å². The molecule has 63 valence electrons. The van der Waals surface area contributed by atoms with E-state index in [2.05, 4.69) is 12.2 Å². The molecule has 2 rings (SSSR count). The molecular formula is C11H13O. The van der Waals surface area contributed by atoms with Crippen molar-refractivity contribution < 1.29 is 4.79 Å². The molecule has 0 aliphatic heterocycles. The van der Waals surface area contributed by atoms with Crippen molar-refractivity contribution in [3.05, 3.63) is 29.7 Å². The average Bonchev–Trinajstić information content (AvgIpc) is 2.61. The van der Waals surface area contributed by atoms with Gasteiger partial charge in [-0.3, -0.25) is 4.79 Å². The fourth-order valence-corrected chi connectivity index (χ4v) is 2.06. The van der Waals surface area contributed by atoms with Gasteiger partial charge >= 0.3 is 0 Å². The number of hydrogen-bond acceptors (Lipinski definition) is 1. The number of carbonyl (C=O) groups is 1. The highest BCUT2D eigenvalue weighted by Crippen LogP contribution is 2.33. The van der Waals surface area contributed by atoms with E-state index in [9.17, 15) is 4.79 Å². The number of Topliss-reactive ketones (excluding diaryl/α,β-unsaturated/α-hetero) is 1. The maximum absolute atomic E-state index is 11.4. The smallest absolute Gasteiger partial charge is 0.160 e. The fraction of sp³-hybridized carbons (Fsp3) is 0.455. The van der Waals surface area contributed by atoms with Crippen molar-refractivity contribution in [2.75, 3.05) is 0 Å². The summed E-state index contributed by atoms with van der Waals surface area (Å²) in [7, 11) is 0. The number of hydrogen-bond donors (Lipinski definition) is 0. The first-order valence-corrected chi connectivity index (χ1v) is 4.53. The highest BCUT2D eigenvalue weighted by atomic mass is 16.1. The Morgan fingerprint density at radius 2 is 2.33 bits per heavy atom.